The summed E-state index contributed by atoms with van der Waals surface area (Å²) in [7, 11) is 0. The summed E-state index contributed by atoms with van der Waals surface area (Å²) in [5, 5.41) is 6.85. The van der Waals surface area contributed by atoms with Crippen molar-refractivity contribution in [2.75, 3.05) is 6.54 Å². The number of nitrogens with one attached hydrogen (secondary N) is 1. The lowest BCUT2D eigenvalue weighted by Crippen LogP contribution is -2.28. The third-order valence-electron chi connectivity index (χ3n) is 2.70. The summed E-state index contributed by atoms with van der Waals surface area (Å²) in [6.45, 7) is 3.36. The summed E-state index contributed by atoms with van der Waals surface area (Å²) in [5.74, 6) is 1.03. The lowest BCUT2D eigenvalue weighted by Gasteiger charge is -2.12. The number of hydrogen-bond acceptors (Lipinski definition) is 3. The Bertz CT molecular complexity index is 254. The molecule has 1 aliphatic rings. The van der Waals surface area contributed by atoms with Crippen molar-refractivity contribution in [1.82, 2.24) is 10.3 Å². The van der Waals surface area contributed by atoms with Crippen LogP contribution in [-0.4, -0.2) is 17.6 Å². The highest BCUT2D eigenvalue weighted by Gasteiger charge is 2.23. The van der Waals surface area contributed by atoms with E-state index in [9.17, 15) is 0 Å². The van der Waals surface area contributed by atoms with E-state index in [2.05, 4.69) is 17.2 Å². The van der Waals surface area contributed by atoms with E-state index in [4.69, 9.17) is 0 Å². The van der Waals surface area contributed by atoms with Crippen LogP contribution in [0.25, 0.3) is 0 Å². The molecule has 0 saturated heterocycles. The van der Waals surface area contributed by atoms with Gasteiger partial charge in [-0.2, -0.15) is 0 Å². The van der Waals surface area contributed by atoms with Crippen LogP contribution in [0, 0.1) is 5.92 Å². The van der Waals surface area contributed by atoms with Crippen molar-refractivity contribution in [1.29, 1.82) is 0 Å². The quantitative estimate of drug-likeness (QED) is 0.780. The molecule has 1 atom stereocenters. The fourth-order valence-electron chi connectivity index (χ4n) is 1.74. The summed E-state index contributed by atoms with van der Waals surface area (Å²) in [5.41, 5.74) is 0. The molecule has 1 aromatic heterocycles. The smallest absolute Gasteiger partial charge is 0.0937 e. The summed E-state index contributed by atoms with van der Waals surface area (Å²) < 4.78 is 0. The van der Waals surface area contributed by atoms with Crippen LogP contribution in [0.4, 0.5) is 0 Å². The largest absolute Gasteiger partial charge is 0.314 e. The number of nitrogens with zero attached hydrogens (tertiary/aromatic N) is 1. The van der Waals surface area contributed by atoms with Gasteiger partial charge in [0.2, 0.25) is 0 Å². The molecule has 0 spiro atoms. The van der Waals surface area contributed by atoms with E-state index in [1.165, 1.54) is 24.3 Å². The first kappa shape index (κ1) is 10.1. The Hall–Kier alpha value is -0.410. The molecule has 0 amide bonds. The lowest BCUT2D eigenvalue weighted by atomic mass is 10.1. The van der Waals surface area contributed by atoms with Crippen molar-refractivity contribution in [2.24, 2.45) is 5.92 Å². The zero-order chi connectivity index (χ0) is 9.80. The molecule has 1 N–H and O–H groups in total. The molecule has 0 radical (unpaired) electrons. The third-order valence-corrected chi connectivity index (χ3v) is 3.54. The zero-order valence-electron chi connectivity index (χ0n) is 8.70. The molecule has 78 valence electrons. The molecule has 1 unspecified atom stereocenters. The molecule has 2 nitrogen and oxygen atoms in total. The minimum atomic E-state index is 0.683. The van der Waals surface area contributed by atoms with Gasteiger partial charge in [0.25, 0.3) is 0 Å². The number of hydrogen-bond donors (Lipinski definition) is 1. The van der Waals surface area contributed by atoms with Crippen LogP contribution in [0.15, 0.2) is 11.6 Å². The fraction of sp³-hybridized carbons (Fsp3) is 0.727. The van der Waals surface area contributed by atoms with Gasteiger partial charge in [-0.05, 0) is 19.3 Å². The minimum absolute atomic E-state index is 0.683. The third kappa shape index (κ3) is 3.39. The average molecular weight is 210 g/mol. The van der Waals surface area contributed by atoms with E-state index in [0.29, 0.717) is 6.04 Å². The van der Waals surface area contributed by atoms with E-state index in [0.717, 1.165) is 18.9 Å². The van der Waals surface area contributed by atoms with Gasteiger partial charge in [-0.25, -0.2) is 4.98 Å². The second-order valence-corrected chi connectivity index (χ2v) is 5.19. The first-order valence-electron chi connectivity index (χ1n) is 5.46. The second-order valence-electron chi connectivity index (χ2n) is 4.21. The van der Waals surface area contributed by atoms with Crippen LogP contribution in [-0.2, 0) is 6.42 Å². The van der Waals surface area contributed by atoms with Gasteiger partial charge >= 0.3 is 0 Å². The summed E-state index contributed by atoms with van der Waals surface area (Å²) in [6, 6.07) is 0.683. The first-order valence-corrected chi connectivity index (χ1v) is 6.34. The highest BCUT2D eigenvalue weighted by Crippen LogP contribution is 2.33. The van der Waals surface area contributed by atoms with E-state index < -0.39 is 0 Å². The van der Waals surface area contributed by atoms with Gasteiger partial charge in [-0.3, -0.25) is 0 Å². The van der Waals surface area contributed by atoms with E-state index in [1.807, 2.05) is 11.6 Å². The van der Waals surface area contributed by atoms with Crippen molar-refractivity contribution in [3.05, 3.63) is 16.6 Å². The van der Waals surface area contributed by atoms with Gasteiger partial charge in [-0.15, -0.1) is 11.3 Å². The van der Waals surface area contributed by atoms with Gasteiger partial charge in [0.1, 0.15) is 0 Å². The maximum absolute atomic E-state index is 4.26. The molecule has 1 fully saturated rings. The molecular formula is C11H18N2S. The second kappa shape index (κ2) is 4.89. The van der Waals surface area contributed by atoms with Gasteiger partial charge in [0, 0.05) is 30.6 Å². The number of thiazole rings is 1. The van der Waals surface area contributed by atoms with Crippen molar-refractivity contribution in [3.63, 3.8) is 0 Å². The Balaban J connectivity index is 1.57. The Morgan fingerprint density at radius 2 is 2.50 bits per heavy atom. The molecule has 0 bridgehead atoms. The van der Waals surface area contributed by atoms with Crippen LogP contribution in [0.2, 0.25) is 0 Å². The van der Waals surface area contributed by atoms with Crippen LogP contribution < -0.4 is 5.32 Å². The van der Waals surface area contributed by atoms with Gasteiger partial charge in [0.05, 0.1) is 5.01 Å². The standard InChI is InChI=1S/C11H18N2S/c1-9(8-10-2-3-10)12-5-4-11-13-6-7-14-11/h6-7,9-10,12H,2-5,8H2,1H3. The lowest BCUT2D eigenvalue weighted by molar-refractivity contribution is 0.491. The molecule has 14 heavy (non-hydrogen) atoms. The highest BCUT2D eigenvalue weighted by molar-refractivity contribution is 7.09. The van der Waals surface area contributed by atoms with Gasteiger partial charge in [0.15, 0.2) is 0 Å². The molecule has 1 saturated carbocycles. The first-order chi connectivity index (χ1) is 6.84. The van der Waals surface area contributed by atoms with Crippen LogP contribution in [0.5, 0.6) is 0 Å². The Labute approximate surface area is 89.8 Å². The van der Waals surface area contributed by atoms with E-state index >= 15 is 0 Å². The summed E-state index contributed by atoms with van der Waals surface area (Å²) in [6.07, 6.45) is 7.23. The van der Waals surface area contributed by atoms with Crippen molar-refractivity contribution >= 4 is 11.3 Å². The molecule has 2 rings (SSSR count). The predicted molar refractivity (Wildman–Crippen MR) is 60.6 cm³/mol. The van der Waals surface area contributed by atoms with Crippen molar-refractivity contribution < 1.29 is 0 Å². The van der Waals surface area contributed by atoms with Crippen LogP contribution >= 0.6 is 11.3 Å². The molecule has 1 heterocycles. The zero-order valence-corrected chi connectivity index (χ0v) is 9.52. The Morgan fingerprint density at radius 3 is 3.14 bits per heavy atom. The van der Waals surface area contributed by atoms with Crippen LogP contribution in [0.3, 0.4) is 0 Å². The predicted octanol–water partition coefficient (Wildman–Crippen LogP) is 2.46. The topological polar surface area (TPSA) is 24.9 Å². The molecular weight excluding hydrogens is 192 g/mol. The molecule has 0 aliphatic heterocycles. The molecule has 1 aliphatic carbocycles. The SMILES string of the molecule is CC(CC1CC1)NCCc1nccs1. The van der Waals surface area contributed by atoms with E-state index in [-0.39, 0.29) is 0 Å². The minimum Gasteiger partial charge on any atom is -0.314 e. The van der Waals surface area contributed by atoms with E-state index in [1.54, 1.807) is 11.3 Å². The van der Waals surface area contributed by atoms with Gasteiger partial charge < -0.3 is 5.32 Å². The number of rotatable bonds is 6. The molecule has 3 heteroatoms. The van der Waals surface area contributed by atoms with Crippen LogP contribution in [0.1, 0.15) is 31.2 Å². The Morgan fingerprint density at radius 1 is 1.64 bits per heavy atom. The normalized spacial score (nSPS) is 18.4. The fourth-order valence-corrected chi connectivity index (χ4v) is 2.36. The average Bonchev–Trinajstić information content (AvgIpc) is 2.82. The number of aromatic nitrogens is 1. The summed E-state index contributed by atoms with van der Waals surface area (Å²) >= 11 is 1.75. The monoisotopic (exact) mass is 210 g/mol. The van der Waals surface area contributed by atoms with Gasteiger partial charge in [-0.1, -0.05) is 12.8 Å². The molecule has 0 aromatic carbocycles. The maximum Gasteiger partial charge on any atom is 0.0937 e. The Kier molecular flexibility index (Phi) is 3.54. The summed E-state index contributed by atoms with van der Waals surface area (Å²) in [4.78, 5) is 4.26. The van der Waals surface area contributed by atoms with Crippen molar-refractivity contribution in [2.45, 2.75) is 38.6 Å². The maximum atomic E-state index is 4.26. The molecule has 1 aromatic rings. The van der Waals surface area contributed by atoms with Crippen molar-refractivity contribution in [3.8, 4) is 0 Å². The highest BCUT2D eigenvalue weighted by atomic mass is 32.1.